The Balaban J connectivity index is 2.45. The fourth-order valence-electron chi connectivity index (χ4n) is 1.49. The maximum atomic E-state index is 11.8. The largest absolute Gasteiger partial charge is 0.444 e. The molecule has 18 heavy (non-hydrogen) atoms. The zero-order valence-electron chi connectivity index (χ0n) is 10.7. The van der Waals surface area contributed by atoms with Crippen molar-refractivity contribution in [1.29, 1.82) is 0 Å². The molecule has 1 saturated heterocycles. The molecule has 1 N–H and O–H groups in total. The first-order valence-electron chi connectivity index (χ1n) is 5.76. The predicted molar refractivity (Wildman–Crippen MR) is 69.8 cm³/mol. The fourth-order valence-corrected chi connectivity index (χ4v) is 1.65. The zero-order valence-corrected chi connectivity index (χ0v) is 12.2. The molecule has 1 atom stereocenters. The van der Waals surface area contributed by atoms with Gasteiger partial charge in [-0.2, -0.15) is 0 Å². The summed E-state index contributed by atoms with van der Waals surface area (Å²) in [6.45, 7) is 6.04. The first-order chi connectivity index (χ1) is 8.20. The Morgan fingerprint density at radius 3 is 2.44 bits per heavy atom. The number of amides is 2. The summed E-state index contributed by atoms with van der Waals surface area (Å²) in [5, 5.41) is 2.58. The lowest BCUT2D eigenvalue weighted by molar-refractivity contribution is -0.130. The lowest BCUT2D eigenvalue weighted by Gasteiger charge is -2.40. The number of nitrogens with one attached hydrogen (secondary N) is 1. The molecule has 0 aromatic carbocycles. The Labute approximate surface area is 117 Å². The van der Waals surface area contributed by atoms with Crippen LogP contribution in [0.4, 0.5) is 4.79 Å². The lowest BCUT2D eigenvalue weighted by Crippen LogP contribution is -2.59. The second-order valence-corrected chi connectivity index (χ2v) is 6.39. The summed E-state index contributed by atoms with van der Waals surface area (Å²) < 4.78 is 5.20. The van der Waals surface area contributed by atoms with Crippen LogP contribution in [-0.2, 0) is 9.53 Å². The molecule has 104 valence electrons. The Kier molecular flexibility index (Phi) is 5.10. The van der Waals surface area contributed by atoms with Crippen molar-refractivity contribution in [2.24, 2.45) is 0 Å². The first-order valence-corrected chi connectivity index (χ1v) is 6.63. The molecular formula is C11H18Cl2N2O3. The third-order valence-corrected chi connectivity index (χ3v) is 2.69. The van der Waals surface area contributed by atoms with E-state index in [0.29, 0.717) is 13.0 Å². The second kappa shape index (κ2) is 5.97. The summed E-state index contributed by atoms with van der Waals surface area (Å²) in [7, 11) is 0. The van der Waals surface area contributed by atoms with Gasteiger partial charge in [0, 0.05) is 13.1 Å². The average Bonchev–Trinajstić information content (AvgIpc) is 2.09. The van der Waals surface area contributed by atoms with Crippen molar-refractivity contribution in [3.63, 3.8) is 0 Å². The van der Waals surface area contributed by atoms with Gasteiger partial charge in [0.15, 0.2) is 0 Å². The van der Waals surface area contributed by atoms with Gasteiger partial charge in [0.1, 0.15) is 16.5 Å². The summed E-state index contributed by atoms with van der Waals surface area (Å²) in [4.78, 5) is 24.2. The second-order valence-electron chi connectivity index (χ2n) is 5.11. The van der Waals surface area contributed by atoms with E-state index < -0.39 is 22.6 Å². The fraction of sp³-hybridized carbons (Fsp3) is 0.818. The third kappa shape index (κ3) is 4.53. The minimum Gasteiger partial charge on any atom is -0.444 e. The number of halogens is 2. The molecule has 1 aliphatic heterocycles. The van der Waals surface area contributed by atoms with Gasteiger partial charge in [0.2, 0.25) is 5.91 Å². The lowest BCUT2D eigenvalue weighted by atomic mass is 10.0. The predicted octanol–water partition coefficient (Wildman–Crippen LogP) is 1.92. The van der Waals surface area contributed by atoms with Crippen molar-refractivity contribution >= 4 is 35.2 Å². The van der Waals surface area contributed by atoms with E-state index in [1.165, 1.54) is 4.90 Å². The van der Waals surface area contributed by atoms with Crippen LogP contribution in [0.25, 0.3) is 0 Å². The monoisotopic (exact) mass is 296 g/mol. The number of hydrogen-bond acceptors (Lipinski definition) is 3. The normalized spacial score (nSPS) is 19.4. The molecule has 0 aromatic heterocycles. The topological polar surface area (TPSA) is 58.6 Å². The van der Waals surface area contributed by atoms with Crippen LogP contribution in [0.2, 0.25) is 0 Å². The van der Waals surface area contributed by atoms with Crippen molar-refractivity contribution < 1.29 is 14.3 Å². The van der Waals surface area contributed by atoms with Crippen molar-refractivity contribution in [3.05, 3.63) is 0 Å². The van der Waals surface area contributed by atoms with E-state index in [-0.39, 0.29) is 12.5 Å². The van der Waals surface area contributed by atoms with Gasteiger partial charge < -0.3 is 10.1 Å². The van der Waals surface area contributed by atoms with Crippen molar-refractivity contribution in [3.8, 4) is 0 Å². The van der Waals surface area contributed by atoms with Gasteiger partial charge in [-0.15, -0.1) is 23.2 Å². The Hall–Kier alpha value is -0.680. The third-order valence-electron chi connectivity index (χ3n) is 2.38. The molecule has 0 aromatic rings. The number of ether oxygens (including phenoxy) is 1. The number of nitrogens with zero attached hydrogens (tertiary/aromatic N) is 1. The zero-order chi connectivity index (χ0) is 13.9. The summed E-state index contributed by atoms with van der Waals surface area (Å²) >= 11 is 11.0. The highest BCUT2D eigenvalue weighted by Crippen LogP contribution is 2.21. The van der Waals surface area contributed by atoms with Gasteiger partial charge in [-0.25, -0.2) is 4.79 Å². The van der Waals surface area contributed by atoms with E-state index >= 15 is 0 Å². The highest BCUT2D eigenvalue weighted by Gasteiger charge is 2.39. The molecule has 0 radical (unpaired) electrons. The summed E-state index contributed by atoms with van der Waals surface area (Å²) in [6, 6.07) is -0.480. The first kappa shape index (κ1) is 15.4. The van der Waals surface area contributed by atoms with Gasteiger partial charge in [-0.3, -0.25) is 9.69 Å². The molecule has 1 heterocycles. The molecule has 0 aliphatic carbocycles. The smallest absolute Gasteiger partial charge is 0.410 e. The molecule has 7 heteroatoms. The number of likely N-dealkylation sites (tertiary alicyclic amines) is 1. The molecule has 1 aliphatic rings. The van der Waals surface area contributed by atoms with Crippen LogP contribution >= 0.6 is 23.2 Å². The van der Waals surface area contributed by atoms with Crippen LogP contribution in [0, 0.1) is 0 Å². The number of carbonyl (C=O) groups is 2. The molecule has 0 saturated carbocycles. The van der Waals surface area contributed by atoms with Crippen LogP contribution in [0.3, 0.4) is 0 Å². The quantitative estimate of drug-likeness (QED) is 0.810. The maximum absolute atomic E-state index is 11.8. The van der Waals surface area contributed by atoms with Crippen LogP contribution < -0.4 is 5.32 Å². The van der Waals surface area contributed by atoms with E-state index in [1.807, 2.05) is 0 Å². The minimum atomic E-state index is -0.649. The van der Waals surface area contributed by atoms with Crippen molar-refractivity contribution in [2.75, 3.05) is 13.1 Å². The maximum Gasteiger partial charge on any atom is 0.410 e. The van der Waals surface area contributed by atoms with E-state index in [0.717, 1.165) is 0 Å². The Bertz CT molecular complexity index is 329. The Morgan fingerprint density at radius 1 is 1.44 bits per heavy atom. The van der Waals surface area contributed by atoms with E-state index in [4.69, 9.17) is 27.9 Å². The molecule has 0 spiro atoms. The molecule has 5 nitrogen and oxygen atoms in total. The Morgan fingerprint density at radius 2 is 2.06 bits per heavy atom. The molecule has 2 amide bonds. The number of hydrogen-bond donors (Lipinski definition) is 1. The number of alkyl halides is 2. The van der Waals surface area contributed by atoms with E-state index in [2.05, 4.69) is 5.32 Å². The summed E-state index contributed by atoms with van der Waals surface area (Å²) in [6.07, 6.45) is 0.155. The van der Waals surface area contributed by atoms with Gasteiger partial charge >= 0.3 is 6.09 Å². The highest BCUT2D eigenvalue weighted by atomic mass is 35.5. The summed E-state index contributed by atoms with van der Waals surface area (Å²) in [5.74, 6) is -0.251. The molecular weight excluding hydrogens is 279 g/mol. The number of rotatable bonds is 3. The van der Waals surface area contributed by atoms with Crippen LogP contribution in [-0.4, -0.2) is 46.5 Å². The minimum absolute atomic E-state index is 0.167. The van der Waals surface area contributed by atoms with Crippen molar-refractivity contribution in [2.45, 2.75) is 43.7 Å². The van der Waals surface area contributed by atoms with E-state index in [1.54, 1.807) is 20.8 Å². The van der Waals surface area contributed by atoms with Crippen LogP contribution in [0.15, 0.2) is 0 Å². The van der Waals surface area contributed by atoms with Crippen LogP contribution in [0.1, 0.15) is 27.2 Å². The van der Waals surface area contributed by atoms with Gasteiger partial charge in [0.25, 0.3) is 0 Å². The van der Waals surface area contributed by atoms with Crippen molar-refractivity contribution in [1.82, 2.24) is 10.2 Å². The highest BCUT2D eigenvalue weighted by molar-refractivity contribution is 6.44. The molecule has 0 bridgehead atoms. The molecule has 1 rings (SSSR count). The van der Waals surface area contributed by atoms with Gasteiger partial charge in [-0.05, 0) is 27.2 Å². The average molecular weight is 297 g/mol. The number of carbonyl (C=O) groups excluding carboxylic acids is 2. The molecule has 1 fully saturated rings. The van der Waals surface area contributed by atoms with Gasteiger partial charge in [0.05, 0.1) is 0 Å². The van der Waals surface area contributed by atoms with Gasteiger partial charge in [-0.1, -0.05) is 0 Å². The van der Waals surface area contributed by atoms with Crippen LogP contribution in [0.5, 0.6) is 0 Å². The van der Waals surface area contributed by atoms with E-state index in [9.17, 15) is 9.59 Å². The summed E-state index contributed by atoms with van der Waals surface area (Å²) in [5.41, 5.74) is -0.564. The molecule has 0 unspecified atom stereocenters. The SMILES string of the molecule is CC(C)(C)OC(=O)N1CC[C@@H]1C(=O)NCC(Cl)Cl. The standard InChI is InChI=1S/C11H18Cl2N2O3/c1-11(2,3)18-10(17)15-5-4-7(15)9(16)14-6-8(12)13/h7-8H,4-6H2,1-3H3,(H,14,16)/t7-/m1/s1.